The largest absolute Gasteiger partial charge is 0.368 e. The molecule has 0 bridgehead atoms. The molecule has 10 heteroatoms. The highest BCUT2D eigenvalue weighted by Crippen LogP contribution is 2.69. The van der Waals surface area contributed by atoms with Gasteiger partial charge in [-0.25, -0.2) is 17.8 Å². The molecule has 2 aliphatic carbocycles. The number of carbonyl (C=O) groups is 2. The number of aromatic nitrogens is 1. The number of benzene rings is 1. The monoisotopic (exact) mass is 491 g/mol. The third-order valence-electron chi connectivity index (χ3n) is 7.23. The van der Waals surface area contributed by atoms with Crippen LogP contribution >= 0.6 is 11.6 Å². The number of amides is 2. The quantitative estimate of drug-likeness (QED) is 0.668. The SMILES string of the molecule is CS(=O)(=O)c1cc(C(=O)N2C(C(N)=O)CC3CC32[C@@H](c2ccc(Cl)c(F)c2)C2CC2)ccn1. The van der Waals surface area contributed by atoms with Crippen molar-refractivity contribution in [2.24, 2.45) is 17.6 Å². The van der Waals surface area contributed by atoms with Gasteiger partial charge in [-0.2, -0.15) is 0 Å². The summed E-state index contributed by atoms with van der Waals surface area (Å²) in [5.41, 5.74) is 5.90. The Labute approximate surface area is 196 Å². The van der Waals surface area contributed by atoms with E-state index in [9.17, 15) is 22.4 Å². The van der Waals surface area contributed by atoms with Crippen molar-refractivity contribution in [1.29, 1.82) is 0 Å². The zero-order valence-corrected chi connectivity index (χ0v) is 19.4. The summed E-state index contributed by atoms with van der Waals surface area (Å²) in [6.45, 7) is 0. The molecule has 1 aromatic heterocycles. The fraction of sp³-hybridized carbons (Fsp3) is 0.435. The van der Waals surface area contributed by atoms with Crippen molar-refractivity contribution in [2.45, 2.75) is 48.2 Å². The van der Waals surface area contributed by atoms with Crippen LogP contribution in [0.1, 0.15) is 47.5 Å². The average Bonchev–Trinajstić information content (AvgIpc) is 3.68. The second kappa shape index (κ2) is 7.50. The van der Waals surface area contributed by atoms with Gasteiger partial charge in [0.05, 0.1) is 10.6 Å². The summed E-state index contributed by atoms with van der Waals surface area (Å²) in [5.74, 6) is -1.46. The molecule has 1 aromatic carbocycles. The third kappa shape index (κ3) is 3.61. The number of primary amides is 1. The fourth-order valence-corrected chi connectivity index (χ4v) is 6.39. The van der Waals surface area contributed by atoms with E-state index in [1.165, 1.54) is 30.5 Å². The van der Waals surface area contributed by atoms with Crippen LogP contribution in [0.2, 0.25) is 5.02 Å². The third-order valence-corrected chi connectivity index (χ3v) is 8.52. The number of hydrogen-bond donors (Lipinski definition) is 1. The highest BCUT2D eigenvalue weighted by Gasteiger charge is 2.72. The zero-order valence-electron chi connectivity index (χ0n) is 17.9. The Hall–Kier alpha value is -2.52. The molecule has 3 fully saturated rings. The molecule has 2 heterocycles. The van der Waals surface area contributed by atoms with E-state index in [-0.39, 0.29) is 33.4 Å². The van der Waals surface area contributed by atoms with Crippen LogP contribution in [0.3, 0.4) is 0 Å². The van der Waals surface area contributed by atoms with Gasteiger partial charge in [0.25, 0.3) is 5.91 Å². The summed E-state index contributed by atoms with van der Waals surface area (Å²) in [6, 6.07) is 6.57. The van der Waals surface area contributed by atoms with Gasteiger partial charge in [0, 0.05) is 23.9 Å². The van der Waals surface area contributed by atoms with Gasteiger partial charge in [0.2, 0.25) is 5.91 Å². The molecule has 7 nitrogen and oxygen atoms in total. The predicted octanol–water partition coefficient (Wildman–Crippen LogP) is 2.93. The first-order valence-corrected chi connectivity index (χ1v) is 13.0. The first-order chi connectivity index (χ1) is 15.5. The summed E-state index contributed by atoms with van der Waals surface area (Å²) in [6.07, 6.45) is 5.29. The van der Waals surface area contributed by atoms with Crippen molar-refractivity contribution in [3.8, 4) is 0 Å². The summed E-state index contributed by atoms with van der Waals surface area (Å²) >= 11 is 5.91. The van der Waals surface area contributed by atoms with Crippen LogP contribution in [-0.2, 0) is 14.6 Å². The van der Waals surface area contributed by atoms with E-state index >= 15 is 0 Å². The molecule has 1 saturated heterocycles. The Bertz CT molecular complexity index is 1280. The number of carbonyl (C=O) groups excluding carboxylic acids is 2. The summed E-state index contributed by atoms with van der Waals surface area (Å²) < 4.78 is 38.3. The standard InChI is InChI=1S/C23H23ClFN3O4S/c1-33(31,32)19-9-14(6-7-27-19)22(30)28-18(21(26)29)10-15-11-23(15,28)20(12-2-3-12)13-4-5-16(24)17(25)8-13/h4-9,12,15,18,20H,2-3,10-11H2,1H3,(H2,26,29)/t15?,18?,20-,23?/m1/s1. The molecule has 174 valence electrons. The second-order valence-corrected chi connectivity index (χ2v) is 11.7. The average molecular weight is 492 g/mol. The molecule has 2 amide bonds. The molecule has 2 saturated carbocycles. The summed E-state index contributed by atoms with van der Waals surface area (Å²) in [5, 5.41) is -0.194. The van der Waals surface area contributed by atoms with Crippen molar-refractivity contribution in [3.63, 3.8) is 0 Å². The predicted molar refractivity (Wildman–Crippen MR) is 119 cm³/mol. The van der Waals surface area contributed by atoms with E-state index in [1.54, 1.807) is 11.0 Å². The van der Waals surface area contributed by atoms with Crippen LogP contribution < -0.4 is 5.73 Å². The van der Waals surface area contributed by atoms with E-state index < -0.39 is 39.0 Å². The van der Waals surface area contributed by atoms with Crippen LogP contribution in [0, 0.1) is 17.7 Å². The first-order valence-electron chi connectivity index (χ1n) is 10.8. The maximum absolute atomic E-state index is 14.4. The van der Waals surface area contributed by atoms with Crippen LogP contribution in [0.25, 0.3) is 0 Å². The Morgan fingerprint density at radius 2 is 2.00 bits per heavy atom. The molecule has 4 atom stereocenters. The minimum atomic E-state index is -3.63. The molecule has 0 spiro atoms. The topological polar surface area (TPSA) is 110 Å². The lowest BCUT2D eigenvalue weighted by molar-refractivity contribution is -0.122. The number of likely N-dealkylation sites (tertiary alicyclic amines) is 1. The zero-order chi connectivity index (χ0) is 23.7. The van der Waals surface area contributed by atoms with Crippen LogP contribution in [0.5, 0.6) is 0 Å². The molecule has 33 heavy (non-hydrogen) atoms. The number of sulfone groups is 1. The lowest BCUT2D eigenvalue weighted by Gasteiger charge is -2.38. The normalized spacial score (nSPS) is 27.2. The number of hydrogen-bond acceptors (Lipinski definition) is 5. The van der Waals surface area contributed by atoms with Gasteiger partial charge in [-0.15, -0.1) is 0 Å². The Kier molecular flexibility index (Phi) is 5.06. The highest BCUT2D eigenvalue weighted by atomic mass is 35.5. The van der Waals surface area contributed by atoms with E-state index in [0.717, 1.165) is 24.7 Å². The molecular weight excluding hydrogens is 469 g/mol. The van der Waals surface area contributed by atoms with Gasteiger partial charge >= 0.3 is 0 Å². The van der Waals surface area contributed by atoms with Crippen molar-refractivity contribution in [1.82, 2.24) is 9.88 Å². The van der Waals surface area contributed by atoms with Crippen molar-refractivity contribution in [2.75, 3.05) is 6.26 Å². The molecule has 0 radical (unpaired) electrons. The van der Waals surface area contributed by atoms with E-state index in [2.05, 4.69) is 4.98 Å². The Morgan fingerprint density at radius 1 is 1.27 bits per heavy atom. The minimum Gasteiger partial charge on any atom is -0.368 e. The smallest absolute Gasteiger partial charge is 0.255 e. The number of piperidine rings is 1. The van der Waals surface area contributed by atoms with Crippen molar-refractivity contribution < 1.29 is 22.4 Å². The maximum atomic E-state index is 14.4. The lowest BCUT2D eigenvalue weighted by Crippen LogP contribution is -2.53. The van der Waals surface area contributed by atoms with Crippen LogP contribution in [0.4, 0.5) is 4.39 Å². The number of nitrogens with zero attached hydrogens (tertiary/aromatic N) is 2. The molecule has 2 aromatic rings. The first kappa shape index (κ1) is 22.3. The van der Waals surface area contributed by atoms with E-state index in [0.29, 0.717) is 12.8 Å². The maximum Gasteiger partial charge on any atom is 0.255 e. The fourth-order valence-electron chi connectivity index (χ4n) is 5.68. The van der Waals surface area contributed by atoms with E-state index in [4.69, 9.17) is 17.3 Å². The lowest BCUT2D eigenvalue weighted by atomic mass is 9.83. The van der Waals surface area contributed by atoms with Gasteiger partial charge < -0.3 is 10.6 Å². The number of fused-ring (bicyclic) bond motifs is 1. The van der Waals surface area contributed by atoms with Gasteiger partial charge in [0.1, 0.15) is 11.9 Å². The van der Waals surface area contributed by atoms with Crippen LogP contribution in [-0.4, -0.2) is 48.0 Å². The molecule has 5 rings (SSSR count). The number of rotatable bonds is 6. The number of halogens is 2. The summed E-state index contributed by atoms with van der Waals surface area (Å²) in [7, 11) is -3.63. The summed E-state index contributed by atoms with van der Waals surface area (Å²) in [4.78, 5) is 31.6. The Balaban J connectivity index is 1.60. The molecule has 2 N–H and O–H groups in total. The Morgan fingerprint density at radius 3 is 2.61 bits per heavy atom. The molecular formula is C23H23ClFN3O4S. The highest BCUT2D eigenvalue weighted by molar-refractivity contribution is 7.90. The van der Waals surface area contributed by atoms with Gasteiger partial charge in [-0.05, 0) is 67.3 Å². The van der Waals surface area contributed by atoms with Gasteiger partial charge in [0.15, 0.2) is 14.9 Å². The molecule has 1 aliphatic heterocycles. The van der Waals surface area contributed by atoms with Gasteiger partial charge in [-0.1, -0.05) is 17.7 Å². The van der Waals surface area contributed by atoms with Crippen molar-refractivity contribution in [3.05, 3.63) is 58.5 Å². The minimum absolute atomic E-state index is 0.0256. The number of pyridine rings is 1. The number of nitrogens with two attached hydrogens (primary N) is 1. The van der Waals surface area contributed by atoms with E-state index in [1.807, 2.05) is 0 Å². The van der Waals surface area contributed by atoms with Gasteiger partial charge in [-0.3, -0.25) is 9.59 Å². The second-order valence-electron chi connectivity index (χ2n) is 9.36. The molecule has 3 unspecified atom stereocenters. The van der Waals surface area contributed by atoms with Crippen molar-refractivity contribution >= 4 is 33.3 Å². The molecule has 3 aliphatic rings. The van der Waals surface area contributed by atoms with Crippen LogP contribution in [0.15, 0.2) is 41.6 Å².